The molecule has 0 radical (unpaired) electrons. The van der Waals surface area contributed by atoms with E-state index in [4.69, 9.17) is 33.3 Å². The maximum absolute atomic E-state index is 12.0. The average molecular weight is 523 g/mol. The Bertz CT molecular complexity index is 1130. The van der Waals surface area contributed by atoms with Crippen molar-refractivity contribution in [3.8, 4) is 11.5 Å². The quantitative estimate of drug-likeness (QED) is 0.338. The van der Waals surface area contributed by atoms with Gasteiger partial charge in [0.15, 0.2) is 18.3 Å². The molecule has 3 aromatic carbocycles. The van der Waals surface area contributed by atoms with Crippen molar-refractivity contribution in [1.29, 1.82) is 0 Å². The molecule has 3 rings (SSSR count). The van der Waals surface area contributed by atoms with Gasteiger partial charge in [0, 0.05) is 0 Å². The van der Waals surface area contributed by atoms with E-state index in [0.29, 0.717) is 16.5 Å². The van der Waals surface area contributed by atoms with Gasteiger partial charge in [0.2, 0.25) is 0 Å². The van der Waals surface area contributed by atoms with Crippen LogP contribution in [0.4, 0.5) is 0 Å². The van der Waals surface area contributed by atoms with E-state index in [9.17, 15) is 9.59 Å². The van der Waals surface area contributed by atoms with Crippen LogP contribution in [0, 0.1) is 0 Å². The maximum Gasteiger partial charge on any atom is 0.276 e. The Labute approximate surface area is 197 Å². The molecule has 0 bridgehead atoms. The second-order valence-corrected chi connectivity index (χ2v) is 7.77. The van der Waals surface area contributed by atoms with Gasteiger partial charge in [-0.15, -0.1) is 0 Å². The summed E-state index contributed by atoms with van der Waals surface area (Å²) in [6, 6.07) is 18.2. The molecule has 3 aromatic rings. The van der Waals surface area contributed by atoms with Crippen LogP contribution < -0.4 is 25.6 Å². The number of benzene rings is 3. The molecule has 2 amide bonds. The number of para-hydroxylation sites is 1. The van der Waals surface area contributed by atoms with E-state index in [1.807, 2.05) is 30.3 Å². The van der Waals surface area contributed by atoms with Crippen LogP contribution >= 0.6 is 39.7 Å². The second kappa shape index (κ2) is 10.9. The standard InChI is InChI=1S/C21H17BrClN3O4S/c22-20-14-6-2-1-5-13(14)9-10-17(20)30-12-19(28)25-26-21(31)24-18(27)11-29-16-8-4-3-7-15(16)23/h1-10H,11-12H2,(H,25,28)(H2,24,26,27,31). The minimum Gasteiger partial charge on any atom is -0.483 e. The third-order valence-corrected chi connectivity index (χ3v) is 5.28. The third kappa shape index (κ3) is 6.55. The van der Waals surface area contributed by atoms with Crippen LogP contribution in [-0.2, 0) is 9.59 Å². The van der Waals surface area contributed by atoms with Gasteiger partial charge in [0.25, 0.3) is 11.8 Å². The molecule has 0 fully saturated rings. The maximum atomic E-state index is 12.0. The largest absolute Gasteiger partial charge is 0.483 e. The number of rotatable bonds is 6. The van der Waals surface area contributed by atoms with Crippen molar-refractivity contribution in [1.82, 2.24) is 16.2 Å². The van der Waals surface area contributed by atoms with Crippen LogP contribution in [0.2, 0.25) is 5.02 Å². The Morgan fingerprint density at radius 3 is 2.35 bits per heavy atom. The second-order valence-electron chi connectivity index (χ2n) is 6.16. The van der Waals surface area contributed by atoms with Crippen molar-refractivity contribution in [2.24, 2.45) is 0 Å². The molecule has 0 aromatic heterocycles. The lowest BCUT2D eigenvalue weighted by atomic mass is 10.1. The fourth-order valence-electron chi connectivity index (χ4n) is 2.53. The molecule has 0 heterocycles. The number of carbonyl (C=O) groups is 2. The number of thiocarbonyl (C=S) groups is 1. The van der Waals surface area contributed by atoms with Crippen molar-refractivity contribution >= 4 is 67.4 Å². The molecule has 0 aliphatic rings. The lowest BCUT2D eigenvalue weighted by molar-refractivity contribution is -0.124. The van der Waals surface area contributed by atoms with Crippen molar-refractivity contribution in [2.75, 3.05) is 13.2 Å². The summed E-state index contributed by atoms with van der Waals surface area (Å²) >= 11 is 14.4. The number of hydrogen-bond acceptors (Lipinski definition) is 5. The molecule has 0 saturated heterocycles. The first-order valence-corrected chi connectivity index (χ1v) is 10.6. The van der Waals surface area contributed by atoms with Gasteiger partial charge in [0.1, 0.15) is 11.5 Å². The van der Waals surface area contributed by atoms with E-state index in [2.05, 4.69) is 32.1 Å². The molecule has 0 aliphatic carbocycles. The highest BCUT2D eigenvalue weighted by atomic mass is 79.9. The summed E-state index contributed by atoms with van der Waals surface area (Å²) < 4.78 is 11.6. The summed E-state index contributed by atoms with van der Waals surface area (Å²) in [5, 5.41) is 4.70. The van der Waals surface area contributed by atoms with Crippen molar-refractivity contribution in [3.05, 3.63) is 70.2 Å². The normalized spacial score (nSPS) is 10.3. The summed E-state index contributed by atoms with van der Waals surface area (Å²) in [5.74, 6) is -0.0862. The molecule has 7 nitrogen and oxygen atoms in total. The van der Waals surface area contributed by atoms with E-state index in [1.54, 1.807) is 30.3 Å². The van der Waals surface area contributed by atoms with E-state index in [1.165, 1.54) is 0 Å². The van der Waals surface area contributed by atoms with Gasteiger partial charge in [-0.3, -0.25) is 25.8 Å². The summed E-state index contributed by atoms with van der Waals surface area (Å²) in [7, 11) is 0. The number of amides is 2. The van der Waals surface area contributed by atoms with Crippen molar-refractivity contribution in [3.63, 3.8) is 0 Å². The zero-order chi connectivity index (χ0) is 22.2. The number of halogens is 2. The van der Waals surface area contributed by atoms with E-state index < -0.39 is 11.8 Å². The SMILES string of the molecule is O=C(COc1ccc2ccccc2c1Br)NNC(=S)NC(=O)COc1ccccc1Cl. The molecule has 31 heavy (non-hydrogen) atoms. The van der Waals surface area contributed by atoms with Crippen LogP contribution in [0.5, 0.6) is 11.5 Å². The molecule has 10 heteroatoms. The van der Waals surface area contributed by atoms with Crippen molar-refractivity contribution < 1.29 is 19.1 Å². The lowest BCUT2D eigenvalue weighted by Crippen LogP contribution is -2.50. The van der Waals surface area contributed by atoms with Gasteiger partial charge in [-0.25, -0.2) is 0 Å². The molecule has 0 aliphatic heterocycles. The summed E-state index contributed by atoms with van der Waals surface area (Å²) in [6.07, 6.45) is 0. The van der Waals surface area contributed by atoms with E-state index in [0.717, 1.165) is 15.2 Å². The minimum atomic E-state index is -0.511. The summed E-state index contributed by atoms with van der Waals surface area (Å²) in [5.41, 5.74) is 4.78. The fraction of sp³-hybridized carbons (Fsp3) is 0.0952. The van der Waals surface area contributed by atoms with Gasteiger partial charge in [-0.1, -0.05) is 54.1 Å². The first-order chi connectivity index (χ1) is 14.9. The highest BCUT2D eigenvalue weighted by Gasteiger charge is 2.10. The topological polar surface area (TPSA) is 88.7 Å². The molecular weight excluding hydrogens is 506 g/mol. The number of nitrogens with one attached hydrogen (secondary N) is 3. The van der Waals surface area contributed by atoms with Gasteiger partial charge < -0.3 is 9.47 Å². The highest BCUT2D eigenvalue weighted by Crippen LogP contribution is 2.32. The highest BCUT2D eigenvalue weighted by molar-refractivity contribution is 9.10. The lowest BCUT2D eigenvalue weighted by Gasteiger charge is -2.13. The Morgan fingerprint density at radius 2 is 1.55 bits per heavy atom. The predicted molar refractivity (Wildman–Crippen MR) is 126 cm³/mol. The molecule has 3 N–H and O–H groups in total. The fourth-order valence-corrected chi connectivity index (χ4v) is 3.49. The monoisotopic (exact) mass is 521 g/mol. The molecule has 160 valence electrons. The van der Waals surface area contributed by atoms with Gasteiger partial charge in [-0.05, 0) is 57.1 Å². The molecule has 0 atom stereocenters. The Balaban J connectivity index is 1.40. The Hall–Kier alpha value is -2.88. The van der Waals surface area contributed by atoms with Crippen LogP contribution in [0.25, 0.3) is 10.8 Å². The van der Waals surface area contributed by atoms with E-state index >= 15 is 0 Å². The number of fused-ring (bicyclic) bond motifs is 1. The number of ether oxygens (including phenoxy) is 2. The molecule has 0 spiro atoms. The number of hydrazine groups is 1. The first kappa shape index (κ1) is 22.8. The summed E-state index contributed by atoms with van der Waals surface area (Å²) in [4.78, 5) is 23.9. The zero-order valence-electron chi connectivity index (χ0n) is 16.0. The molecular formula is C21H17BrClN3O4S. The number of carbonyl (C=O) groups excluding carboxylic acids is 2. The summed E-state index contributed by atoms with van der Waals surface area (Å²) in [6.45, 7) is -0.547. The van der Waals surface area contributed by atoms with E-state index in [-0.39, 0.29) is 18.3 Å². The van der Waals surface area contributed by atoms with Gasteiger partial charge in [-0.2, -0.15) is 0 Å². The molecule has 0 unspecified atom stereocenters. The zero-order valence-corrected chi connectivity index (χ0v) is 19.1. The molecule has 0 saturated carbocycles. The average Bonchev–Trinajstić information content (AvgIpc) is 2.77. The number of hydrogen-bond donors (Lipinski definition) is 3. The Kier molecular flexibility index (Phi) is 8.05. The van der Waals surface area contributed by atoms with Crippen LogP contribution in [-0.4, -0.2) is 30.1 Å². The van der Waals surface area contributed by atoms with Crippen molar-refractivity contribution in [2.45, 2.75) is 0 Å². The van der Waals surface area contributed by atoms with Gasteiger partial charge in [0.05, 0.1) is 9.50 Å². The first-order valence-electron chi connectivity index (χ1n) is 9.00. The third-order valence-electron chi connectivity index (χ3n) is 3.95. The Morgan fingerprint density at radius 1 is 0.871 bits per heavy atom. The predicted octanol–water partition coefficient (Wildman–Crippen LogP) is 3.74. The smallest absolute Gasteiger partial charge is 0.276 e. The van der Waals surface area contributed by atoms with Crippen LogP contribution in [0.15, 0.2) is 65.1 Å². The van der Waals surface area contributed by atoms with Gasteiger partial charge >= 0.3 is 0 Å². The van der Waals surface area contributed by atoms with Crippen LogP contribution in [0.3, 0.4) is 0 Å². The minimum absolute atomic E-state index is 0.0898. The van der Waals surface area contributed by atoms with Crippen LogP contribution in [0.1, 0.15) is 0 Å².